The number of methoxy groups -OCH3 is 1. The van der Waals surface area contributed by atoms with Crippen LogP contribution >= 0.6 is 0 Å². The van der Waals surface area contributed by atoms with E-state index in [2.05, 4.69) is 10.1 Å². The molecule has 1 atom stereocenters. The Morgan fingerprint density at radius 2 is 2.00 bits per heavy atom. The van der Waals surface area contributed by atoms with Gasteiger partial charge in [0, 0.05) is 13.5 Å². The number of carbonyl (C=O) groups is 2. The lowest BCUT2D eigenvalue weighted by Crippen LogP contribution is -2.34. The van der Waals surface area contributed by atoms with E-state index in [4.69, 9.17) is 26.8 Å². The molecular weight excluding hydrogens is 228 g/mol. The average molecular weight is 248 g/mol. The lowest BCUT2D eigenvalue weighted by atomic mass is 10.2. The summed E-state index contributed by atoms with van der Waals surface area (Å²) in [5.41, 5.74) is 10.5. The molecule has 0 amide bonds. The molecule has 100 valence electrons. The molecule has 0 radical (unpaired) electrons. The second-order valence-corrected chi connectivity index (χ2v) is 3.13. The number of carboxylic acid groups (broad SMARTS) is 1. The van der Waals surface area contributed by atoms with Gasteiger partial charge in [-0.2, -0.15) is 0 Å². The second-order valence-electron chi connectivity index (χ2n) is 3.13. The van der Waals surface area contributed by atoms with E-state index in [0.29, 0.717) is 19.4 Å². The SMILES string of the molecule is CC(=O)O.COC(=O)[C@@H](N)CCCNC(=N)N. The van der Waals surface area contributed by atoms with Crippen LogP contribution in [0.3, 0.4) is 0 Å². The third-order valence-corrected chi connectivity index (χ3v) is 1.51. The minimum atomic E-state index is -0.833. The molecule has 0 fully saturated rings. The zero-order valence-electron chi connectivity index (χ0n) is 10.0. The quantitative estimate of drug-likeness (QED) is 0.178. The van der Waals surface area contributed by atoms with Gasteiger partial charge in [-0.3, -0.25) is 15.0 Å². The summed E-state index contributed by atoms with van der Waals surface area (Å²) in [6, 6.07) is -0.584. The van der Waals surface area contributed by atoms with Crippen molar-refractivity contribution < 1.29 is 19.4 Å². The van der Waals surface area contributed by atoms with Crippen LogP contribution in [0.25, 0.3) is 0 Å². The van der Waals surface area contributed by atoms with Gasteiger partial charge >= 0.3 is 5.97 Å². The van der Waals surface area contributed by atoms with E-state index in [-0.39, 0.29) is 5.96 Å². The van der Waals surface area contributed by atoms with Gasteiger partial charge < -0.3 is 26.6 Å². The number of guanidine groups is 1. The number of carbonyl (C=O) groups excluding carboxylic acids is 1. The highest BCUT2D eigenvalue weighted by atomic mass is 16.5. The van der Waals surface area contributed by atoms with Crippen LogP contribution in [0.5, 0.6) is 0 Å². The fourth-order valence-corrected chi connectivity index (χ4v) is 0.814. The smallest absolute Gasteiger partial charge is 0.322 e. The molecule has 0 spiro atoms. The van der Waals surface area contributed by atoms with Gasteiger partial charge in [0.1, 0.15) is 6.04 Å². The number of nitrogens with two attached hydrogens (primary N) is 2. The Morgan fingerprint density at radius 1 is 1.53 bits per heavy atom. The molecule has 7 N–H and O–H groups in total. The second kappa shape index (κ2) is 10.7. The molecule has 0 heterocycles. The Hall–Kier alpha value is -1.83. The van der Waals surface area contributed by atoms with Crippen LogP contribution in [-0.4, -0.2) is 42.7 Å². The van der Waals surface area contributed by atoms with Crippen LogP contribution in [0.4, 0.5) is 0 Å². The normalized spacial score (nSPS) is 10.5. The van der Waals surface area contributed by atoms with Crippen molar-refractivity contribution in [1.29, 1.82) is 5.41 Å². The number of rotatable bonds is 5. The van der Waals surface area contributed by atoms with Gasteiger partial charge in [-0.25, -0.2) is 0 Å². The van der Waals surface area contributed by atoms with E-state index in [0.717, 1.165) is 6.92 Å². The third kappa shape index (κ3) is 16.8. The predicted octanol–water partition coefficient (Wildman–Crippen LogP) is -1.16. The maximum atomic E-state index is 10.8. The maximum absolute atomic E-state index is 10.8. The molecule has 0 aliphatic carbocycles. The number of carboxylic acids is 1. The molecule has 0 rings (SSSR count). The van der Waals surface area contributed by atoms with Crippen molar-refractivity contribution in [1.82, 2.24) is 5.32 Å². The molecule has 0 aromatic heterocycles. The topological polar surface area (TPSA) is 152 Å². The number of esters is 1. The molecule has 0 aromatic rings. The van der Waals surface area contributed by atoms with Crippen LogP contribution in [0, 0.1) is 5.41 Å². The van der Waals surface area contributed by atoms with Gasteiger partial charge in [-0.05, 0) is 12.8 Å². The first kappa shape index (κ1) is 17.6. The number of hydrogen-bond acceptors (Lipinski definition) is 5. The summed E-state index contributed by atoms with van der Waals surface area (Å²) in [7, 11) is 1.30. The first-order valence-corrected chi connectivity index (χ1v) is 4.92. The van der Waals surface area contributed by atoms with E-state index in [9.17, 15) is 4.79 Å². The Balaban J connectivity index is 0. The van der Waals surface area contributed by atoms with E-state index < -0.39 is 18.0 Å². The van der Waals surface area contributed by atoms with Crippen molar-refractivity contribution in [3.05, 3.63) is 0 Å². The number of ether oxygens (including phenoxy) is 1. The fraction of sp³-hybridized carbons (Fsp3) is 0.667. The van der Waals surface area contributed by atoms with Crippen molar-refractivity contribution in [2.45, 2.75) is 25.8 Å². The highest BCUT2D eigenvalue weighted by molar-refractivity contribution is 5.75. The van der Waals surface area contributed by atoms with Crippen molar-refractivity contribution in [3.63, 3.8) is 0 Å². The largest absolute Gasteiger partial charge is 0.481 e. The first-order chi connectivity index (χ1) is 7.81. The lowest BCUT2D eigenvalue weighted by Gasteiger charge is -2.08. The summed E-state index contributed by atoms with van der Waals surface area (Å²) >= 11 is 0. The molecular formula is C9H20N4O4. The van der Waals surface area contributed by atoms with E-state index in [1.165, 1.54) is 7.11 Å². The highest BCUT2D eigenvalue weighted by Crippen LogP contribution is 1.94. The standard InChI is InChI=1S/C7H16N4O2.C2H4O2/c1-13-6(12)5(8)3-2-4-11-7(9)10;1-2(3)4/h5H,2-4,8H2,1H3,(H4,9,10,11);1H3,(H,3,4)/t5-;/m0./s1. The summed E-state index contributed by atoms with van der Waals surface area (Å²) in [6.45, 7) is 1.63. The molecule has 0 saturated heterocycles. The summed E-state index contributed by atoms with van der Waals surface area (Å²) in [6.07, 6.45) is 1.20. The summed E-state index contributed by atoms with van der Waals surface area (Å²) in [5, 5.41) is 16.9. The molecule has 0 unspecified atom stereocenters. The number of hydrogen-bond donors (Lipinski definition) is 5. The van der Waals surface area contributed by atoms with Crippen LogP contribution in [-0.2, 0) is 14.3 Å². The molecule has 0 saturated carbocycles. The average Bonchev–Trinajstić information content (AvgIpc) is 2.21. The molecule has 0 aliphatic rings. The Kier molecular flexibility index (Phi) is 11.0. The monoisotopic (exact) mass is 248 g/mol. The maximum Gasteiger partial charge on any atom is 0.322 e. The van der Waals surface area contributed by atoms with E-state index in [1.54, 1.807) is 0 Å². The molecule has 17 heavy (non-hydrogen) atoms. The van der Waals surface area contributed by atoms with Crippen LogP contribution in [0.2, 0.25) is 0 Å². The molecule has 8 nitrogen and oxygen atoms in total. The van der Waals surface area contributed by atoms with E-state index >= 15 is 0 Å². The molecule has 0 bridgehead atoms. The van der Waals surface area contributed by atoms with Gasteiger partial charge in [0.05, 0.1) is 7.11 Å². The Labute approximate surface area is 99.8 Å². The van der Waals surface area contributed by atoms with Crippen molar-refractivity contribution in [2.24, 2.45) is 11.5 Å². The van der Waals surface area contributed by atoms with E-state index in [1.807, 2.05) is 0 Å². The predicted molar refractivity (Wildman–Crippen MR) is 62.5 cm³/mol. The van der Waals surface area contributed by atoms with Gasteiger partial charge in [0.25, 0.3) is 5.97 Å². The fourth-order valence-electron chi connectivity index (χ4n) is 0.814. The minimum absolute atomic E-state index is 0.0772. The zero-order chi connectivity index (χ0) is 13.8. The molecule has 8 heteroatoms. The Morgan fingerprint density at radius 3 is 2.35 bits per heavy atom. The van der Waals surface area contributed by atoms with Gasteiger partial charge in [0.15, 0.2) is 5.96 Å². The summed E-state index contributed by atoms with van der Waals surface area (Å²) < 4.78 is 4.44. The van der Waals surface area contributed by atoms with Crippen LogP contribution in [0.15, 0.2) is 0 Å². The van der Waals surface area contributed by atoms with Gasteiger partial charge in [0.2, 0.25) is 0 Å². The third-order valence-electron chi connectivity index (χ3n) is 1.51. The molecule has 0 aromatic carbocycles. The Bertz CT molecular complexity index is 253. The summed E-state index contributed by atoms with van der Waals surface area (Å²) in [5.74, 6) is -1.32. The molecule has 0 aliphatic heterocycles. The van der Waals surface area contributed by atoms with Crippen molar-refractivity contribution in [2.75, 3.05) is 13.7 Å². The first-order valence-electron chi connectivity index (χ1n) is 4.92. The minimum Gasteiger partial charge on any atom is -0.481 e. The van der Waals surface area contributed by atoms with Crippen LogP contribution < -0.4 is 16.8 Å². The number of nitrogens with one attached hydrogen (secondary N) is 2. The van der Waals surface area contributed by atoms with Crippen molar-refractivity contribution >= 4 is 17.9 Å². The van der Waals surface area contributed by atoms with Gasteiger partial charge in [-0.1, -0.05) is 0 Å². The zero-order valence-corrected chi connectivity index (χ0v) is 10.0. The van der Waals surface area contributed by atoms with Gasteiger partial charge in [-0.15, -0.1) is 0 Å². The lowest BCUT2D eigenvalue weighted by molar-refractivity contribution is -0.142. The van der Waals surface area contributed by atoms with Crippen molar-refractivity contribution in [3.8, 4) is 0 Å². The van der Waals surface area contributed by atoms with Crippen LogP contribution in [0.1, 0.15) is 19.8 Å². The number of aliphatic carboxylic acids is 1. The summed E-state index contributed by atoms with van der Waals surface area (Å²) in [4.78, 5) is 19.8. The highest BCUT2D eigenvalue weighted by Gasteiger charge is 2.12.